The molecule has 1 N–H and O–H groups in total. The molecular weight excluding hydrogens is 394 g/mol. The molecule has 9 nitrogen and oxygen atoms in total. The molecule has 0 aromatic heterocycles. The third-order valence-corrected chi connectivity index (χ3v) is 4.09. The van der Waals surface area contributed by atoms with Gasteiger partial charge in [-0.3, -0.25) is 4.79 Å². The lowest BCUT2D eigenvalue weighted by Crippen LogP contribution is -2.22. The molecule has 0 unspecified atom stereocenters. The van der Waals surface area contributed by atoms with E-state index in [-0.39, 0.29) is 23.4 Å². The first kappa shape index (κ1) is 21.0. The molecule has 0 saturated carbocycles. The maximum atomic E-state index is 12.4. The number of methoxy groups -OCH3 is 1. The number of anilines is 1. The number of hydrogen-bond donors (Lipinski definition) is 1. The number of hydrogen-bond acceptors (Lipinski definition) is 8. The molecule has 0 atom stereocenters. The smallest absolute Gasteiger partial charge is 0.340 e. The molecule has 1 aliphatic rings. The highest BCUT2D eigenvalue weighted by molar-refractivity contribution is 6.02. The van der Waals surface area contributed by atoms with E-state index in [0.29, 0.717) is 30.5 Å². The molecular formula is C21H21NO8. The van der Waals surface area contributed by atoms with Gasteiger partial charge in [-0.15, -0.1) is 0 Å². The van der Waals surface area contributed by atoms with Crippen molar-refractivity contribution >= 4 is 23.5 Å². The highest BCUT2D eigenvalue weighted by atomic mass is 16.6. The Morgan fingerprint density at radius 2 is 1.80 bits per heavy atom. The van der Waals surface area contributed by atoms with Gasteiger partial charge in [0.05, 0.1) is 30.5 Å². The van der Waals surface area contributed by atoms with Gasteiger partial charge in [0.2, 0.25) is 5.75 Å². The van der Waals surface area contributed by atoms with Gasteiger partial charge in [-0.25, -0.2) is 9.59 Å². The van der Waals surface area contributed by atoms with Crippen molar-refractivity contribution in [2.75, 3.05) is 38.9 Å². The van der Waals surface area contributed by atoms with Crippen LogP contribution in [0.25, 0.3) is 0 Å². The van der Waals surface area contributed by atoms with Gasteiger partial charge in [-0.2, -0.15) is 0 Å². The summed E-state index contributed by atoms with van der Waals surface area (Å²) >= 11 is 0. The summed E-state index contributed by atoms with van der Waals surface area (Å²) in [7, 11) is 1.44. The maximum absolute atomic E-state index is 12.4. The van der Waals surface area contributed by atoms with Crippen LogP contribution in [0.15, 0.2) is 36.4 Å². The Hall–Kier alpha value is -3.75. The lowest BCUT2D eigenvalue weighted by Gasteiger charge is -2.21. The van der Waals surface area contributed by atoms with Crippen LogP contribution >= 0.6 is 0 Å². The summed E-state index contributed by atoms with van der Waals surface area (Å²) < 4.78 is 26.2. The topological polar surface area (TPSA) is 109 Å². The monoisotopic (exact) mass is 415 g/mol. The Morgan fingerprint density at radius 1 is 1.03 bits per heavy atom. The minimum atomic E-state index is -0.737. The van der Waals surface area contributed by atoms with E-state index in [1.165, 1.54) is 25.3 Å². The molecule has 1 aliphatic heterocycles. The Kier molecular flexibility index (Phi) is 6.74. The van der Waals surface area contributed by atoms with Gasteiger partial charge in [-0.1, -0.05) is 12.1 Å². The number of ether oxygens (including phenoxy) is 5. The molecule has 2 aromatic carbocycles. The van der Waals surface area contributed by atoms with Gasteiger partial charge < -0.3 is 29.0 Å². The predicted molar refractivity (Wildman–Crippen MR) is 105 cm³/mol. The summed E-state index contributed by atoms with van der Waals surface area (Å²) in [6.07, 6.45) is 0. The summed E-state index contributed by atoms with van der Waals surface area (Å²) in [5.41, 5.74) is 0.615. The Labute approximate surface area is 172 Å². The molecule has 0 saturated heterocycles. The Bertz CT molecular complexity index is 939. The summed E-state index contributed by atoms with van der Waals surface area (Å²) in [6, 6.07) is 9.30. The third kappa shape index (κ3) is 4.80. The van der Waals surface area contributed by atoms with Gasteiger partial charge in [-0.05, 0) is 31.2 Å². The van der Waals surface area contributed by atoms with Crippen molar-refractivity contribution in [3.63, 3.8) is 0 Å². The van der Waals surface area contributed by atoms with E-state index >= 15 is 0 Å². The quantitative estimate of drug-likeness (QED) is 0.687. The van der Waals surface area contributed by atoms with Crippen LogP contribution < -0.4 is 19.5 Å². The summed E-state index contributed by atoms with van der Waals surface area (Å²) in [5, 5.41) is 2.54. The van der Waals surface area contributed by atoms with E-state index in [9.17, 15) is 14.4 Å². The zero-order chi connectivity index (χ0) is 21.5. The summed E-state index contributed by atoms with van der Waals surface area (Å²) in [6.45, 7) is 2.06. The van der Waals surface area contributed by atoms with Crippen LogP contribution in [0.5, 0.6) is 17.2 Å². The van der Waals surface area contributed by atoms with E-state index in [0.717, 1.165) is 0 Å². The number of amides is 1. The Morgan fingerprint density at radius 3 is 2.57 bits per heavy atom. The minimum Gasteiger partial charge on any atom is -0.493 e. The second-order valence-corrected chi connectivity index (χ2v) is 6.09. The highest BCUT2D eigenvalue weighted by Gasteiger charge is 2.22. The number of rotatable bonds is 7. The number of fused-ring (bicyclic) bond motifs is 1. The second-order valence-electron chi connectivity index (χ2n) is 6.09. The van der Waals surface area contributed by atoms with E-state index in [4.69, 9.17) is 23.7 Å². The van der Waals surface area contributed by atoms with Crippen molar-refractivity contribution in [3.05, 3.63) is 47.5 Å². The molecule has 30 heavy (non-hydrogen) atoms. The summed E-state index contributed by atoms with van der Waals surface area (Å²) in [4.78, 5) is 36.6. The van der Waals surface area contributed by atoms with Crippen molar-refractivity contribution in [1.82, 2.24) is 0 Å². The minimum absolute atomic E-state index is 0.149. The average Bonchev–Trinajstić information content (AvgIpc) is 2.77. The number of carbonyl (C=O) groups is 3. The van der Waals surface area contributed by atoms with E-state index < -0.39 is 24.5 Å². The third-order valence-electron chi connectivity index (χ3n) is 4.09. The van der Waals surface area contributed by atoms with Gasteiger partial charge in [0.15, 0.2) is 18.1 Å². The molecule has 0 spiro atoms. The maximum Gasteiger partial charge on any atom is 0.340 e. The molecule has 3 rings (SSSR count). The van der Waals surface area contributed by atoms with Crippen molar-refractivity contribution in [2.45, 2.75) is 6.92 Å². The largest absolute Gasteiger partial charge is 0.493 e. The van der Waals surface area contributed by atoms with Crippen LogP contribution in [0.3, 0.4) is 0 Å². The van der Waals surface area contributed by atoms with Crippen molar-refractivity contribution in [2.24, 2.45) is 0 Å². The lowest BCUT2D eigenvalue weighted by atomic mass is 10.1. The van der Waals surface area contributed by atoms with Crippen LogP contribution in [0.4, 0.5) is 5.69 Å². The molecule has 1 heterocycles. The van der Waals surface area contributed by atoms with Crippen LogP contribution in [0.2, 0.25) is 0 Å². The van der Waals surface area contributed by atoms with E-state index in [1.807, 2.05) is 0 Å². The zero-order valence-electron chi connectivity index (χ0n) is 16.6. The van der Waals surface area contributed by atoms with Crippen molar-refractivity contribution < 1.29 is 38.1 Å². The first-order valence-electron chi connectivity index (χ1n) is 9.24. The fraction of sp³-hybridized carbons (Fsp3) is 0.286. The van der Waals surface area contributed by atoms with Crippen LogP contribution in [-0.2, 0) is 14.3 Å². The molecule has 0 radical (unpaired) electrons. The molecule has 158 valence electrons. The zero-order valence-corrected chi connectivity index (χ0v) is 16.6. The van der Waals surface area contributed by atoms with Gasteiger partial charge in [0.25, 0.3) is 5.91 Å². The molecule has 0 bridgehead atoms. The molecule has 0 fully saturated rings. The first-order chi connectivity index (χ1) is 14.5. The van der Waals surface area contributed by atoms with Crippen LogP contribution in [0, 0.1) is 0 Å². The number of carbonyl (C=O) groups excluding carboxylic acids is 3. The number of benzene rings is 2. The van der Waals surface area contributed by atoms with Crippen LogP contribution in [0.1, 0.15) is 27.6 Å². The number of esters is 2. The van der Waals surface area contributed by atoms with Gasteiger partial charge in [0, 0.05) is 0 Å². The number of nitrogens with one attached hydrogen (secondary N) is 1. The second kappa shape index (κ2) is 9.64. The highest BCUT2D eigenvalue weighted by Crippen LogP contribution is 2.40. The Balaban J connectivity index is 1.65. The fourth-order valence-electron chi connectivity index (χ4n) is 2.77. The van der Waals surface area contributed by atoms with E-state index in [1.54, 1.807) is 25.1 Å². The first-order valence-corrected chi connectivity index (χ1v) is 9.24. The normalized spacial score (nSPS) is 11.9. The van der Waals surface area contributed by atoms with Crippen molar-refractivity contribution in [1.29, 1.82) is 0 Å². The molecule has 0 aliphatic carbocycles. The van der Waals surface area contributed by atoms with E-state index in [2.05, 4.69) is 5.32 Å². The molecule has 2 aromatic rings. The predicted octanol–water partition coefficient (Wildman–Crippen LogP) is 2.44. The van der Waals surface area contributed by atoms with Crippen molar-refractivity contribution in [3.8, 4) is 17.2 Å². The SMILES string of the molecule is CCOC(=O)c1ccccc1NC(=O)COC(=O)c1cc(OC)c2c(c1)OCCO2. The lowest BCUT2D eigenvalue weighted by molar-refractivity contribution is -0.119. The van der Waals surface area contributed by atoms with Crippen LogP contribution in [-0.4, -0.2) is 51.4 Å². The molecule has 1 amide bonds. The standard InChI is InChI=1S/C21H21NO8/c1-3-27-21(25)14-6-4-5-7-15(14)22-18(23)12-30-20(24)13-10-16(26-2)19-17(11-13)28-8-9-29-19/h4-7,10-11H,3,8-9,12H2,1-2H3,(H,22,23). The van der Waals surface area contributed by atoms with Gasteiger partial charge in [0.1, 0.15) is 13.2 Å². The van der Waals surface area contributed by atoms with Gasteiger partial charge >= 0.3 is 11.9 Å². The average molecular weight is 415 g/mol. The number of para-hydroxylation sites is 1. The molecule has 9 heteroatoms. The summed E-state index contributed by atoms with van der Waals surface area (Å²) in [5.74, 6) is -0.807. The fourth-order valence-corrected chi connectivity index (χ4v) is 2.77.